The molecule has 1 heterocycles. The number of aliphatic imine (C=N–C) groups is 1. The number of H-pyrrole nitrogens is 1. The number of benzene rings is 2. The second-order valence-electron chi connectivity index (χ2n) is 10.00. The van der Waals surface area contributed by atoms with Gasteiger partial charge < -0.3 is 43.2 Å². The molecule has 13 heteroatoms. The number of rotatable bonds is 15. The van der Waals surface area contributed by atoms with Crippen LogP contribution in [0.5, 0.6) is 0 Å². The van der Waals surface area contributed by atoms with E-state index >= 15 is 0 Å². The topological polar surface area (TPSA) is 231 Å². The molecule has 42 heavy (non-hydrogen) atoms. The molecule has 4 atom stereocenters. The summed E-state index contributed by atoms with van der Waals surface area (Å²) in [6, 6.07) is 12.2. The quantitative estimate of drug-likeness (QED) is 0.0687. The maximum atomic E-state index is 13.2. The van der Waals surface area contributed by atoms with Gasteiger partial charge in [-0.25, -0.2) is 4.79 Å². The van der Waals surface area contributed by atoms with E-state index in [9.17, 15) is 24.3 Å². The van der Waals surface area contributed by atoms with Gasteiger partial charge in [-0.15, -0.1) is 0 Å². The molecule has 0 radical (unpaired) electrons. The van der Waals surface area contributed by atoms with Gasteiger partial charge in [-0.1, -0.05) is 48.5 Å². The lowest BCUT2D eigenvalue weighted by Crippen LogP contribution is -2.56. The number of fused-ring (bicyclic) bond motifs is 1. The molecule has 224 valence electrons. The number of nitrogens with zero attached hydrogens (tertiary/aromatic N) is 1. The number of aromatic amines is 1. The first kappa shape index (κ1) is 31.6. The first-order valence-corrected chi connectivity index (χ1v) is 13.6. The molecule has 3 aromatic rings. The van der Waals surface area contributed by atoms with E-state index < -0.39 is 47.9 Å². The van der Waals surface area contributed by atoms with Crippen LogP contribution < -0.4 is 33.2 Å². The second-order valence-corrected chi connectivity index (χ2v) is 10.00. The minimum absolute atomic E-state index is 0.0529. The Balaban J connectivity index is 1.62. The minimum atomic E-state index is -1.23. The lowest BCUT2D eigenvalue weighted by molar-refractivity contribution is -0.142. The zero-order valence-electron chi connectivity index (χ0n) is 23.4. The molecule has 11 N–H and O–H groups in total. The molecule has 0 saturated heterocycles. The summed E-state index contributed by atoms with van der Waals surface area (Å²) in [5.74, 6) is -3.20. The van der Waals surface area contributed by atoms with E-state index in [1.165, 1.54) is 6.92 Å². The maximum Gasteiger partial charge on any atom is 0.326 e. The molecule has 1 aromatic heterocycles. The van der Waals surface area contributed by atoms with Gasteiger partial charge in [0.15, 0.2) is 5.96 Å². The number of para-hydroxylation sites is 1. The molecular formula is C29H38N8O5. The molecular weight excluding hydrogens is 540 g/mol. The molecule has 0 saturated carbocycles. The van der Waals surface area contributed by atoms with Crippen molar-refractivity contribution in [2.45, 2.75) is 56.8 Å². The summed E-state index contributed by atoms with van der Waals surface area (Å²) < 4.78 is 0. The van der Waals surface area contributed by atoms with Crippen LogP contribution in [0.25, 0.3) is 10.9 Å². The molecule has 0 bridgehead atoms. The Kier molecular flexibility index (Phi) is 11.4. The normalized spacial score (nSPS) is 13.8. The number of carboxylic acid groups (broad SMARTS) is 1. The largest absolute Gasteiger partial charge is 0.480 e. The van der Waals surface area contributed by atoms with Gasteiger partial charge in [0.2, 0.25) is 17.7 Å². The number of guanidine groups is 1. The number of carbonyl (C=O) groups is 4. The first-order chi connectivity index (χ1) is 20.0. The molecule has 0 fully saturated rings. The van der Waals surface area contributed by atoms with Crippen LogP contribution >= 0.6 is 0 Å². The van der Waals surface area contributed by atoms with Crippen molar-refractivity contribution in [3.63, 3.8) is 0 Å². The lowest BCUT2D eigenvalue weighted by Gasteiger charge is -2.24. The summed E-state index contributed by atoms with van der Waals surface area (Å²) in [7, 11) is 0. The van der Waals surface area contributed by atoms with Gasteiger partial charge in [-0.05, 0) is 43.4 Å². The molecule has 0 aliphatic carbocycles. The lowest BCUT2D eigenvalue weighted by atomic mass is 10.0. The van der Waals surface area contributed by atoms with Crippen molar-refractivity contribution in [3.8, 4) is 0 Å². The molecule has 3 amide bonds. The van der Waals surface area contributed by atoms with E-state index in [0.29, 0.717) is 6.42 Å². The van der Waals surface area contributed by atoms with Gasteiger partial charge in [0.25, 0.3) is 0 Å². The zero-order chi connectivity index (χ0) is 30.6. The average Bonchev–Trinajstić information content (AvgIpc) is 3.36. The number of carboxylic acids is 1. The van der Waals surface area contributed by atoms with Crippen molar-refractivity contribution in [2.75, 3.05) is 6.54 Å². The highest BCUT2D eigenvalue weighted by atomic mass is 16.4. The van der Waals surface area contributed by atoms with Gasteiger partial charge in [-0.3, -0.25) is 19.4 Å². The van der Waals surface area contributed by atoms with Crippen LogP contribution in [0.4, 0.5) is 0 Å². The van der Waals surface area contributed by atoms with E-state index in [0.717, 1.165) is 22.0 Å². The SMILES string of the molecule is CC(NC(=O)C(N)Cc1c[nH]c2ccccc12)C(=O)NC(CCCN=C(N)N)C(=O)NC(Cc1ccccc1)C(=O)O. The number of nitrogens with one attached hydrogen (secondary N) is 4. The molecule has 0 spiro atoms. The van der Waals surface area contributed by atoms with Crippen molar-refractivity contribution in [2.24, 2.45) is 22.2 Å². The number of nitrogens with two attached hydrogens (primary N) is 3. The molecule has 0 aliphatic heterocycles. The Morgan fingerprint density at radius 2 is 1.55 bits per heavy atom. The van der Waals surface area contributed by atoms with Crippen LogP contribution in [-0.2, 0) is 32.0 Å². The predicted molar refractivity (Wildman–Crippen MR) is 159 cm³/mol. The van der Waals surface area contributed by atoms with Crippen LogP contribution in [-0.4, -0.2) is 70.5 Å². The zero-order valence-corrected chi connectivity index (χ0v) is 23.4. The first-order valence-electron chi connectivity index (χ1n) is 13.6. The number of aromatic nitrogens is 1. The van der Waals surface area contributed by atoms with Crippen molar-refractivity contribution in [1.29, 1.82) is 0 Å². The Morgan fingerprint density at radius 1 is 0.881 bits per heavy atom. The summed E-state index contributed by atoms with van der Waals surface area (Å²) in [5.41, 5.74) is 19.4. The smallest absolute Gasteiger partial charge is 0.326 e. The third-order valence-electron chi connectivity index (χ3n) is 6.68. The van der Waals surface area contributed by atoms with Crippen LogP contribution in [0.15, 0.2) is 65.8 Å². The van der Waals surface area contributed by atoms with Crippen LogP contribution in [0, 0.1) is 0 Å². The Hall–Kier alpha value is -4.91. The van der Waals surface area contributed by atoms with E-state index in [4.69, 9.17) is 17.2 Å². The van der Waals surface area contributed by atoms with E-state index in [-0.39, 0.29) is 31.8 Å². The summed E-state index contributed by atoms with van der Waals surface area (Å²) in [6.07, 6.45) is 2.53. The minimum Gasteiger partial charge on any atom is -0.480 e. The molecule has 0 aliphatic rings. The second kappa shape index (κ2) is 15.2. The monoisotopic (exact) mass is 578 g/mol. The van der Waals surface area contributed by atoms with Gasteiger partial charge >= 0.3 is 5.97 Å². The van der Waals surface area contributed by atoms with Crippen molar-refractivity contribution >= 4 is 40.6 Å². The number of amides is 3. The van der Waals surface area contributed by atoms with Crippen LogP contribution in [0.3, 0.4) is 0 Å². The highest BCUT2D eigenvalue weighted by Gasteiger charge is 2.29. The molecule has 13 nitrogen and oxygen atoms in total. The Morgan fingerprint density at radius 3 is 2.24 bits per heavy atom. The number of hydrogen-bond acceptors (Lipinski definition) is 6. The maximum absolute atomic E-state index is 13.2. The van der Waals surface area contributed by atoms with E-state index in [1.54, 1.807) is 36.5 Å². The molecule has 4 unspecified atom stereocenters. The fourth-order valence-corrected chi connectivity index (χ4v) is 4.41. The summed E-state index contributed by atoms with van der Waals surface area (Å²) in [6.45, 7) is 1.67. The van der Waals surface area contributed by atoms with Crippen LogP contribution in [0.1, 0.15) is 30.9 Å². The number of hydrogen-bond donors (Lipinski definition) is 8. The van der Waals surface area contributed by atoms with Crippen molar-refractivity contribution < 1.29 is 24.3 Å². The Bertz CT molecular complexity index is 1400. The fraction of sp³-hybridized carbons (Fsp3) is 0.345. The third kappa shape index (κ3) is 9.34. The van der Waals surface area contributed by atoms with Crippen molar-refractivity contribution in [3.05, 3.63) is 71.9 Å². The number of carbonyl (C=O) groups excluding carboxylic acids is 3. The van der Waals surface area contributed by atoms with E-state index in [2.05, 4.69) is 25.9 Å². The van der Waals surface area contributed by atoms with Crippen LogP contribution in [0.2, 0.25) is 0 Å². The van der Waals surface area contributed by atoms with Gasteiger partial charge in [0, 0.05) is 30.1 Å². The summed E-state index contributed by atoms with van der Waals surface area (Å²) >= 11 is 0. The highest BCUT2D eigenvalue weighted by Crippen LogP contribution is 2.18. The Labute approximate surface area is 243 Å². The third-order valence-corrected chi connectivity index (χ3v) is 6.68. The molecule has 2 aromatic carbocycles. The standard InChI is InChI=1S/C29H38N8O5/c1-17(35-26(39)21(30)15-19-16-34-22-11-6-5-10-20(19)22)25(38)36-23(12-7-13-33-29(31)32)27(40)37-24(28(41)42)14-18-8-3-2-4-9-18/h2-6,8-11,16-17,21,23-24,34H,7,12-15,30H2,1H3,(H,35,39)(H,36,38)(H,37,40)(H,41,42)(H4,31,32,33). The average molecular weight is 579 g/mol. The predicted octanol–water partition coefficient (Wildman–Crippen LogP) is -0.107. The fourth-order valence-electron chi connectivity index (χ4n) is 4.41. The van der Waals surface area contributed by atoms with Gasteiger partial charge in [-0.2, -0.15) is 0 Å². The van der Waals surface area contributed by atoms with E-state index in [1.807, 2.05) is 24.3 Å². The van der Waals surface area contributed by atoms with Gasteiger partial charge in [0.05, 0.1) is 6.04 Å². The highest BCUT2D eigenvalue weighted by molar-refractivity contribution is 5.94. The number of aliphatic carboxylic acids is 1. The van der Waals surface area contributed by atoms with Crippen molar-refractivity contribution in [1.82, 2.24) is 20.9 Å². The summed E-state index contributed by atoms with van der Waals surface area (Å²) in [4.78, 5) is 57.9. The summed E-state index contributed by atoms with van der Waals surface area (Å²) in [5, 5.41) is 18.4. The van der Waals surface area contributed by atoms with Gasteiger partial charge in [0.1, 0.15) is 18.1 Å². The molecule has 3 rings (SSSR count).